The van der Waals surface area contributed by atoms with Crippen molar-refractivity contribution in [2.75, 3.05) is 47.5 Å². The van der Waals surface area contributed by atoms with E-state index in [1.54, 1.807) is 0 Å². The summed E-state index contributed by atoms with van der Waals surface area (Å²) in [4.78, 5) is 37.5. The maximum absolute atomic E-state index is 12.6. The number of unbranched alkanes of at least 4 members (excludes halogenated alkanes) is 21. The predicted molar refractivity (Wildman–Crippen MR) is 222 cm³/mol. The SMILES string of the molecule is CC/C=C/C=C/C=C/CCCCCCCC(=O)OC(COC(=O)CCCCCCCCCCCCCCCCCCC)COP(=O)([O-])OCC[N+](C)(C)C. The Hall–Kier alpha value is -1.77. The Morgan fingerprint density at radius 3 is 1.56 bits per heavy atom. The van der Waals surface area contributed by atoms with E-state index in [1.165, 1.54) is 89.9 Å². The summed E-state index contributed by atoms with van der Waals surface area (Å²) in [7, 11) is 1.15. The first-order valence-electron chi connectivity index (χ1n) is 21.7. The fourth-order valence-corrected chi connectivity index (χ4v) is 6.56. The number of esters is 2. The van der Waals surface area contributed by atoms with Crippen LogP contribution < -0.4 is 4.89 Å². The molecule has 0 bridgehead atoms. The van der Waals surface area contributed by atoms with Crippen LogP contribution in [-0.4, -0.2) is 70.0 Å². The number of phosphoric ester groups is 1. The summed E-state index contributed by atoms with van der Waals surface area (Å²) >= 11 is 0. The first kappa shape index (κ1) is 52.2. The van der Waals surface area contributed by atoms with Crippen LogP contribution in [-0.2, 0) is 32.7 Å². The number of carbonyl (C=O) groups excluding carboxylic acids is 2. The second-order valence-corrected chi connectivity index (χ2v) is 17.2. The fraction of sp³-hybridized carbons (Fsp3) is 0.818. The van der Waals surface area contributed by atoms with Crippen LogP contribution in [0.25, 0.3) is 0 Å². The van der Waals surface area contributed by atoms with Crippen LogP contribution in [0.15, 0.2) is 36.5 Å². The van der Waals surface area contributed by atoms with E-state index in [9.17, 15) is 19.0 Å². The molecule has 0 rings (SSSR count). The van der Waals surface area contributed by atoms with Crippen LogP contribution >= 0.6 is 7.82 Å². The summed E-state index contributed by atoms with van der Waals surface area (Å²) < 4.78 is 33.8. The number of likely N-dealkylation sites (N-methyl/N-ethyl adjacent to an activating group) is 1. The molecule has 54 heavy (non-hydrogen) atoms. The van der Waals surface area contributed by atoms with Crippen LogP contribution in [0.3, 0.4) is 0 Å². The van der Waals surface area contributed by atoms with Gasteiger partial charge >= 0.3 is 11.9 Å². The standard InChI is InChI=1S/C44H82NO8P/c1-6-8-10-12-14-16-18-20-21-22-23-25-26-28-30-32-34-36-43(46)50-40-42(41-52-54(48,49)51-39-38-45(3,4)5)53-44(47)37-35-33-31-29-27-24-19-17-15-13-11-9-7-2/h9,11,13,15,17,19,42H,6-8,10,12,14,16,18,20-41H2,1-5H3/b11-9+,15-13+,19-17+. The molecule has 316 valence electrons. The van der Waals surface area contributed by atoms with Crippen molar-refractivity contribution in [3.8, 4) is 0 Å². The van der Waals surface area contributed by atoms with Gasteiger partial charge in [0.2, 0.25) is 0 Å². The van der Waals surface area contributed by atoms with E-state index in [4.69, 9.17) is 18.5 Å². The molecule has 0 saturated heterocycles. The molecule has 0 aromatic heterocycles. The average molecular weight is 784 g/mol. The molecule has 0 aliphatic rings. The zero-order valence-electron chi connectivity index (χ0n) is 35.4. The van der Waals surface area contributed by atoms with Gasteiger partial charge in [-0.05, 0) is 32.1 Å². The van der Waals surface area contributed by atoms with E-state index in [1.807, 2.05) is 39.4 Å². The van der Waals surface area contributed by atoms with Crippen molar-refractivity contribution in [2.24, 2.45) is 0 Å². The highest BCUT2D eigenvalue weighted by molar-refractivity contribution is 7.45. The zero-order chi connectivity index (χ0) is 40.0. The topological polar surface area (TPSA) is 111 Å². The maximum atomic E-state index is 12.6. The van der Waals surface area contributed by atoms with Gasteiger partial charge in [0.1, 0.15) is 19.8 Å². The molecule has 0 spiro atoms. The molecule has 0 aliphatic heterocycles. The average Bonchev–Trinajstić information content (AvgIpc) is 3.12. The molecular weight excluding hydrogens is 701 g/mol. The van der Waals surface area contributed by atoms with Crippen molar-refractivity contribution in [1.29, 1.82) is 0 Å². The molecule has 0 radical (unpaired) electrons. The largest absolute Gasteiger partial charge is 0.756 e. The first-order chi connectivity index (χ1) is 26.0. The molecule has 0 aromatic carbocycles. The lowest BCUT2D eigenvalue weighted by Crippen LogP contribution is -2.37. The Morgan fingerprint density at radius 1 is 0.593 bits per heavy atom. The van der Waals surface area contributed by atoms with E-state index >= 15 is 0 Å². The second-order valence-electron chi connectivity index (χ2n) is 15.7. The van der Waals surface area contributed by atoms with Crippen LogP contribution in [0, 0.1) is 0 Å². The van der Waals surface area contributed by atoms with Gasteiger partial charge in [-0.25, -0.2) is 0 Å². The monoisotopic (exact) mass is 784 g/mol. The Balaban J connectivity index is 4.34. The highest BCUT2D eigenvalue weighted by atomic mass is 31.2. The molecule has 2 unspecified atom stereocenters. The predicted octanol–water partition coefficient (Wildman–Crippen LogP) is 11.5. The number of ether oxygens (including phenoxy) is 2. The van der Waals surface area contributed by atoms with Gasteiger partial charge < -0.3 is 27.9 Å². The zero-order valence-corrected chi connectivity index (χ0v) is 36.3. The number of nitrogens with zero attached hydrogens (tertiary/aromatic N) is 1. The van der Waals surface area contributed by atoms with Crippen LogP contribution in [0.2, 0.25) is 0 Å². The van der Waals surface area contributed by atoms with Crippen LogP contribution in [0.1, 0.15) is 181 Å². The van der Waals surface area contributed by atoms with Crippen molar-refractivity contribution >= 4 is 19.8 Å². The minimum Gasteiger partial charge on any atom is -0.756 e. The van der Waals surface area contributed by atoms with Gasteiger partial charge in [-0.1, -0.05) is 172 Å². The first-order valence-corrected chi connectivity index (χ1v) is 23.2. The number of hydrogen-bond acceptors (Lipinski definition) is 8. The van der Waals surface area contributed by atoms with E-state index in [0.29, 0.717) is 17.4 Å². The molecule has 0 fully saturated rings. The summed E-state index contributed by atoms with van der Waals surface area (Å²) in [5.41, 5.74) is 0. The van der Waals surface area contributed by atoms with Crippen LogP contribution in [0.5, 0.6) is 0 Å². The van der Waals surface area contributed by atoms with Crippen molar-refractivity contribution in [3.63, 3.8) is 0 Å². The lowest BCUT2D eigenvalue weighted by atomic mass is 10.0. The Labute approximate surface area is 331 Å². The number of quaternary nitrogens is 1. The summed E-state index contributed by atoms with van der Waals surface area (Å²) in [6.45, 7) is 4.08. The van der Waals surface area contributed by atoms with E-state index in [0.717, 1.165) is 57.8 Å². The van der Waals surface area contributed by atoms with Gasteiger partial charge in [0.15, 0.2) is 6.10 Å². The Morgan fingerprint density at radius 2 is 1.06 bits per heavy atom. The van der Waals surface area contributed by atoms with E-state index in [2.05, 4.69) is 32.1 Å². The number of carbonyl (C=O) groups is 2. The van der Waals surface area contributed by atoms with Gasteiger partial charge in [-0.15, -0.1) is 0 Å². The summed E-state index contributed by atoms with van der Waals surface area (Å²) in [6.07, 6.45) is 40.3. The Bertz CT molecular complexity index is 1020. The second kappa shape index (κ2) is 36.8. The Kier molecular flexibility index (Phi) is 35.6. The molecule has 0 aliphatic carbocycles. The lowest BCUT2D eigenvalue weighted by Gasteiger charge is -2.28. The van der Waals surface area contributed by atoms with Crippen molar-refractivity contribution < 1.29 is 42.1 Å². The molecule has 0 heterocycles. The minimum atomic E-state index is -4.63. The molecule has 0 amide bonds. The van der Waals surface area contributed by atoms with Gasteiger partial charge in [0.05, 0.1) is 27.7 Å². The molecule has 0 aromatic rings. The van der Waals surface area contributed by atoms with E-state index in [-0.39, 0.29) is 32.0 Å². The molecule has 0 saturated carbocycles. The van der Waals surface area contributed by atoms with Gasteiger partial charge in [0, 0.05) is 12.8 Å². The number of phosphoric acid groups is 1. The van der Waals surface area contributed by atoms with Gasteiger partial charge in [-0.3, -0.25) is 14.2 Å². The number of hydrogen-bond donors (Lipinski definition) is 0. The normalized spacial score (nSPS) is 14.0. The third kappa shape index (κ3) is 39.9. The van der Waals surface area contributed by atoms with Crippen molar-refractivity contribution in [2.45, 2.75) is 187 Å². The summed E-state index contributed by atoms with van der Waals surface area (Å²) in [6, 6.07) is 0. The highest BCUT2D eigenvalue weighted by Crippen LogP contribution is 2.38. The summed E-state index contributed by atoms with van der Waals surface area (Å²) in [5, 5.41) is 0. The molecule has 10 heteroatoms. The lowest BCUT2D eigenvalue weighted by molar-refractivity contribution is -0.870. The van der Waals surface area contributed by atoms with Crippen LogP contribution in [0.4, 0.5) is 0 Å². The third-order valence-electron chi connectivity index (χ3n) is 9.24. The highest BCUT2D eigenvalue weighted by Gasteiger charge is 2.21. The van der Waals surface area contributed by atoms with E-state index < -0.39 is 26.5 Å². The maximum Gasteiger partial charge on any atom is 0.306 e. The molecule has 0 N–H and O–H groups in total. The molecule has 9 nitrogen and oxygen atoms in total. The third-order valence-corrected chi connectivity index (χ3v) is 10.2. The number of rotatable bonds is 39. The fourth-order valence-electron chi connectivity index (χ4n) is 5.83. The minimum absolute atomic E-state index is 0.0347. The van der Waals surface area contributed by atoms with Gasteiger partial charge in [0.25, 0.3) is 7.82 Å². The molecular formula is C44H82NO8P. The molecule has 2 atom stereocenters. The smallest absolute Gasteiger partial charge is 0.306 e. The number of allylic oxidation sites excluding steroid dienone is 6. The summed E-state index contributed by atoms with van der Waals surface area (Å²) in [5.74, 6) is -0.855. The van der Waals surface area contributed by atoms with Crippen molar-refractivity contribution in [1.82, 2.24) is 0 Å². The quantitative estimate of drug-likeness (QED) is 0.0199. The van der Waals surface area contributed by atoms with Gasteiger partial charge in [-0.2, -0.15) is 0 Å². The van der Waals surface area contributed by atoms with Crippen molar-refractivity contribution in [3.05, 3.63) is 36.5 Å².